The second-order valence-corrected chi connectivity index (χ2v) is 7.90. The van der Waals surface area contributed by atoms with E-state index in [9.17, 15) is 4.79 Å². The molecule has 0 bridgehead atoms. The molecule has 0 saturated heterocycles. The number of nitrogens with zero attached hydrogens (tertiary/aromatic N) is 1. The normalized spacial score (nSPS) is 10.7. The highest BCUT2D eigenvalue weighted by Crippen LogP contribution is 2.29. The number of thiazole rings is 1. The van der Waals surface area contributed by atoms with Crippen LogP contribution < -0.4 is 5.32 Å². The van der Waals surface area contributed by atoms with E-state index < -0.39 is 0 Å². The molecule has 0 aliphatic carbocycles. The number of rotatable bonds is 6. The number of aromatic nitrogens is 1. The van der Waals surface area contributed by atoms with Crippen molar-refractivity contribution in [2.24, 2.45) is 0 Å². The Kier molecular flexibility index (Phi) is 5.82. The van der Waals surface area contributed by atoms with Gasteiger partial charge in [0.05, 0.1) is 12.1 Å². The Bertz CT molecular complexity index is 1080. The van der Waals surface area contributed by atoms with Gasteiger partial charge < -0.3 is 5.32 Å². The maximum atomic E-state index is 12.1. The molecule has 1 aromatic heterocycles. The molecule has 144 valence electrons. The van der Waals surface area contributed by atoms with Gasteiger partial charge in [-0.25, -0.2) is 4.98 Å². The monoisotopic (exact) mass is 398 g/mol. The summed E-state index contributed by atoms with van der Waals surface area (Å²) in [4.78, 5) is 16.9. The number of benzene rings is 3. The number of hydrogen-bond donors (Lipinski definition) is 1. The van der Waals surface area contributed by atoms with Crippen LogP contribution in [0, 0.1) is 6.92 Å². The summed E-state index contributed by atoms with van der Waals surface area (Å²) in [5.74, 6) is 0.0305. The van der Waals surface area contributed by atoms with E-state index in [0.717, 1.165) is 33.0 Å². The minimum absolute atomic E-state index is 0.0305. The summed E-state index contributed by atoms with van der Waals surface area (Å²) in [5.41, 5.74) is 6.57. The van der Waals surface area contributed by atoms with Crippen molar-refractivity contribution in [3.05, 3.63) is 101 Å². The SMILES string of the molecule is Cc1ccc(-c2csc(-c3ccc(CNC(=O)Cc4ccccc4)cc3)n2)cc1. The van der Waals surface area contributed by atoms with E-state index in [2.05, 4.69) is 54.0 Å². The molecule has 1 N–H and O–H groups in total. The van der Waals surface area contributed by atoms with E-state index in [4.69, 9.17) is 4.98 Å². The summed E-state index contributed by atoms with van der Waals surface area (Å²) in [5, 5.41) is 6.08. The minimum atomic E-state index is 0.0305. The van der Waals surface area contributed by atoms with Crippen molar-refractivity contribution >= 4 is 17.2 Å². The smallest absolute Gasteiger partial charge is 0.224 e. The summed E-state index contributed by atoms with van der Waals surface area (Å²) in [6.07, 6.45) is 0.403. The number of carbonyl (C=O) groups is 1. The highest BCUT2D eigenvalue weighted by atomic mass is 32.1. The lowest BCUT2D eigenvalue weighted by Gasteiger charge is -2.06. The Morgan fingerprint density at radius 1 is 0.862 bits per heavy atom. The Balaban J connectivity index is 1.37. The van der Waals surface area contributed by atoms with Crippen LogP contribution in [0.4, 0.5) is 0 Å². The van der Waals surface area contributed by atoms with Crippen molar-refractivity contribution < 1.29 is 4.79 Å². The van der Waals surface area contributed by atoms with Crippen molar-refractivity contribution in [2.75, 3.05) is 0 Å². The Labute approximate surface area is 175 Å². The van der Waals surface area contributed by atoms with Crippen molar-refractivity contribution in [3.63, 3.8) is 0 Å². The maximum absolute atomic E-state index is 12.1. The van der Waals surface area contributed by atoms with E-state index in [-0.39, 0.29) is 5.91 Å². The van der Waals surface area contributed by atoms with Gasteiger partial charge in [0.25, 0.3) is 0 Å². The van der Waals surface area contributed by atoms with Gasteiger partial charge in [-0.1, -0.05) is 84.4 Å². The quantitative estimate of drug-likeness (QED) is 0.456. The molecule has 0 atom stereocenters. The molecular formula is C25H22N2OS. The molecule has 0 aliphatic rings. The van der Waals surface area contributed by atoms with Crippen LogP contribution >= 0.6 is 11.3 Å². The van der Waals surface area contributed by atoms with E-state index in [1.165, 1.54) is 5.56 Å². The third-order valence-corrected chi connectivity index (χ3v) is 5.64. The number of hydrogen-bond acceptors (Lipinski definition) is 3. The first-order valence-corrected chi connectivity index (χ1v) is 10.5. The van der Waals surface area contributed by atoms with E-state index in [1.807, 2.05) is 42.5 Å². The standard InChI is InChI=1S/C25H22N2OS/c1-18-7-11-21(12-8-18)23-17-29-25(27-23)22-13-9-20(10-14-22)16-26-24(28)15-19-5-3-2-4-6-19/h2-14,17H,15-16H2,1H3,(H,26,28). The lowest BCUT2D eigenvalue weighted by molar-refractivity contribution is -0.120. The fraction of sp³-hybridized carbons (Fsp3) is 0.120. The summed E-state index contributed by atoms with van der Waals surface area (Å²) in [7, 11) is 0. The van der Waals surface area contributed by atoms with Gasteiger partial charge in [-0.2, -0.15) is 0 Å². The third-order valence-electron chi connectivity index (χ3n) is 4.75. The van der Waals surface area contributed by atoms with Gasteiger partial charge in [0.1, 0.15) is 5.01 Å². The zero-order valence-electron chi connectivity index (χ0n) is 16.3. The molecule has 3 aromatic carbocycles. The molecule has 4 heteroatoms. The van der Waals surface area contributed by atoms with E-state index in [1.54, 1.807) is 11.3 Å². The highest BCUT2D eigenvalue weighted by Gasteiger charge is 2.07. The van der Waals surface area contributed by atoms with E-state index >= 15 is 0 Å². The molecular weight excluding hydrogens is 376 g/mol. The van der Waals surface area contributed by atoms with Crippen LogP contribution in [0.2, 0.25) is 0 Å². The minimum Gasteiger partial charge on any atom is -0.352 e. The molecule has 0 fully saturated rings. The molecule has 0 saturated carbocycles. The zero-order valence-corrected chi connectivity index (χ0v) is 17.1. The van der Waals surface area contributed by atoms with Crippen molar-refractivity contribution in [2.45, 2.75) is 19.9 Å². The molecule has 3 nitrogen and oxygen atoms in total. The fourth-order valence-electron chi connectivity index (χ4n) is 3.07. The lowest BCUT2D eigenvalue weighted by atomic mass is 10.1. The zero-order chi connectivity index (χ0) is 20.1. The molecule has 4 rings (SSSR count). The Hall–Kier alpha value is -3.24. The summed E-state index contributed by atoms with van der Waals surface area (Å²) < 4.78 is 0. The predicted molar refractivity (Wildman–Crippen MR) is 120 cm³/mol. The summed E-state index contributed by atoms with van der Waals surface area (Å²) in [6, 6.07) is 26.4. The molecule has 0 aliphatic heterocycles. The van der Waals surface area contributed by atoms with Crippen LogP contribution in [0.5, 0.6) is 0 Å². The number of amides is 1. The molecule has 1 amide bonds. The molecule has 0 radical (unpaired) electrons. The van der Waals surface area contributed by atoms with Gasteiger partial charge in [0.2, 0.25) is 5.91 Å². The van der Waals surface area contributed by atoms with E-state index in [0.29, 0.717) is 13.0 Å². The van der Waals surface area contributed by atoms with Gasteiger partial charge in [0.15, 0.2) is 0 Å². The highest BCUT2D eigenvalue weighted by molar-refractivity contribution is 7.13. The van der Waals surface area contributed by atoms with Crippen LogP contribution in [0.1, 0.15) is 16.7 Å². The first kappa shape index (κ1) is 19.1. The van der Waals surface area contributed by atoms with Gasteiger partial charge >= 0.3 is 0 Å². The maximum Gasteiger partial charge on any atom is 0.224 e. The Morgan fingerprint density at radius 2 is 1.55 bits per heavy atom. The molecule has 29 heavy (non-hydrogen) atoms. The molecule has 0 spiro atoms. The summed E-state index contributed by atoms with van der Waals surface area (Å²) >= 11 is 1.65. The van der Waals surface area contributed by atoms with Crippen molar-refractivity contribution in [1.82, 2.24) is 10.3 Å². The topological polar surface area (TPSA) is 42.0 Å². The third kappa shape index (κ3) is 4.98. The average Bonchev–Trinajstić information content (AvgIpc) is 3.24. The molecule has 1 heterocycles. The molecule has 4 aromatic rings. The van der Waals surface area contributed by atoms with Crippen LogP contribution in [0.15, 0.2) is 84.2 Å². The second kappa shape index (κ2) is 8.84. The Morgan fingerprint density at radius 3 is 2.28 bits per heavy atom. The largest absolute Gasteiger partial charge is 0.352 e. The fourth-order valence-corrected chi connectivity index (χ4v) is 3.91. The first-order chi connectivity index (χ1) is 14.2. The van der Waals surface area contributed by atoms with Crippen LogP contribution in [-0.2, 0) is 17.8 Å². The molecule has 0 unspecified atom stereocenters. The number of aryl methyl sites for hydroxylation is 1. The number of nitrogens with one attached hydrogen (secondary N) is 1. The van der Waals surface area contributed by atoms with Gasteiger partial charge in [-0.15, -0.1) is 11.3 Å². The average molecular weight is 399 g/mol. The summed E-state index contributed by atoms with van der Waals surface area (Å²) in [6.45, 7) is 2.61. The van der Waals surface area contributed by atoms with Crippen LogP contribution in [0.25, 0.3) is 21.8 Å². The van der Waals surface area contributed by atoms with Gasteiger partial charge in [-0.3, -0.25) is 4.79 Å². The van der Waals surface area contributed by atoms with Crippen LogP contribution in [0.3, 0.4) is 0 Å². The lowest BCUT2D eigenvalue weighted by Crippen LogP contribution is -2.24. The second-order valence-electron chi connectivity index (χ2n) is 7.04. The van der Waals surface area contributed by atoms with Gasteiger partial charge in [-0.05, 0) is 18.1 Å². The van der Waals surface area contributed by atoms with Gasteiger partial charge in [0, 0.05) is 23.1 Å². The van der Waals surface area contributed by atoms with Crippen molar-refractivity contribution in [3.8, 4) is 21.8 Å². The predicted octanol–water partition coefficient (Wildman–Crippen LogP) is 5.64. The van der Waals surface area contributed by atoms with Crippen LogP contribution in [-0.4, -0.2) is 10.9 Å². The van der Waals surface area contributed by atoms with Crippen molar-refractivity contribution in [1.29, 1.82) is 0 Å². The first-order valence-electron chi connectivity index (χ1n) is 9.60. The number of carbonyl (C=O) groups excluding carboxylic acids is 1.